The highest BCUT2D eigenvalue weighted by Crippen LogP contribution is 2.30. The van der Waals surface area contributed by atoms with Gasteiger partial charge in [-0.2, -0.15) is 0 Å². The standard InChI is InChI=1S/C17H27NO/c1-4-10-18-16-12-19-11-9-15-13(5-2)7-8-14(6-3)17(15)16/h7-8,16,18H,4-6,9-12H2,1-3H3. The summed E-state index contributed by atoms with van der Waals surface area (Å²) < 4.78 is 5.82. The Labute approximate surface area is 117 Å². The molecule has 1 N–H and O–H groups in total. The van der Waals surface area contributed by atoms with Gasteiger partial charge in [-0.1, -0.05) is 32.9 Å². The van der Waals surface area contributed by atoms with Crippen molar-refractivity contribution < 1.29 is 4.74 Å². The molecule has 0 fully saturated rings. The van der Waals surface area contributed by atoms with Crippen LogP contribution in [0.25, 0.3) is 0 Å². The van der Waals surface area contributed by atoms with Crippen LogP contribution in [0.5, 0.6) is 0 Å². The van der Waals surface area contributed by atoms with E-state index in [-0.39, 0.29) is 0 Å². The van der Waals surface area contributed by atoms with Crippen molar-refractivity contribution in [3.05, 3.63) is 34.4 Å². The number of ether oxygens (including phenoxy) is 1. The predicted octanol–water partition coefficient (Wildman–Crippen LogP) is 3.42. The Bertz CT molecular complexity index is 414. The van der Waals surface area contributed by atoms with Crippen molar-refractivity contribution in [3.8, 4) is 0 Å². The average Bonchev–Trinajstić information content (AvgIpc) is 2.66. The van der Waals surface area contributed by atoms with Gasteiger partial charge in [0.05, 0.1) is 19.3 Å². The molecule has 19 heavy (non-hydrogen) atoms. The van der Waals surface area contributed by atoms with E-state index in [1.54, 1.807) is 5.56 Å². The van der Waals surface area contributed by atoms with E-state index >= 15 is 0 Å². The molecule has 0 amide bonds. The van der Waals surface area contributed by atoms with Gasteiger partial charge in [0.1, 0.15) is 0 Å². The van der Waals surface area contributed by atoms with Crippen LogP contribution >= 0.6 is 0 Å². The third-order valence-corrected chi connectivity index (χ3v) is 4.08. The maximum Gasteiger partial charge on any atom is 0.0661 e. The van der Waals surface area contributed by atoms with Gasteiger partial charge in [-0.15, -0.1) is 0 Å². The molecule has 1 aromatic carbocycles. The van der Waals surface area contributed by atoms with Crippen LogP contribution in [0.4, 0.5) is 0 Å². The number of rotatable bonds is 5. The zero-order valence-corrected chi connectivity index (χ0v) is 12.6. The zero-order chi connectivity index (χ0) is 13.7. The smallest absolute Gasteiger partial charge is 0.0661 e. The molecule has 0 saturated heterocycles. The average molecular weight is 261 g/mol. The van der Waals surface area contributed by atoms with E-state index < -0.39 is 0 Å². The summed E-state index contributed by atoms with van der Waals surface area (Å²) in [6, 6.07) is 5.02. The van der Waals surface area contributed by atoms with Crippen LogP contribution < -0.4 is 5.32 Å². The lowest BCUT2D eigenvalue weighted by atomic mass is 9.88. The zero-order valence-electron chi connectivity index (χ0n) is 12.6. The van der Waals surface area contributed by atoms with E-state index in [9.17, 15) is 0 Å². The molecule has 1 aliphatic heterocycles. The first-order chi connectivity index (χ1) is 9.31. The fraction of sp³-hybridized carbons (Fsp3) is 0.647. The number of aryl methyl sites for hydroxylation is 2. The molecule has 0 saturated carbocycles. The summed E-state index contributed by atoms with van der Waals surface area (Å²) >= 11 is 0. The Balaban J connectivity index is 2.43. The fourth-order valence-electron chi connectivity index (χ4n) is 3.07. The van der Waals surface area contributed by atoms with Crippen LogP contribution in [0.2, 0.25) is 0 Å². The minimum Gasteiger partial charge on any atom is -0.379 e. The fourth-order valence-corrected chi connectivity index (χ4v) is 3.07. The highest BCUT2D eigenvalue weighted by molar-refractivity contribution is 5.44. The lowest BCUT2D eigenvalue weighted by molar-refractivity contribution is 0.121. The molecule has 0 radical (unpaired) electrons. The number of hydrogen-bond acceptors (Lipinski definition) is 2. The Morgan fingerprint density at radius 3 is 2.58 bits per heavy atom. The number of fused-ring (bicyclic) bond motifs is 1. The Morgan fingerprint density at radius 2 is 1.89 bits per heavy atom. The third-order valence-electron chi connectivity index (χ3n) is 4.08. The molecular formula is C17H27NO. The van der Waals surface area contributed by atoms with Gasteiger partial charge in [-0.25, -0.2) is 0 Å². The van der Waals surface area contributed by atoms with Gasteiger partial charge in [0, 0.05) is 0 Å². The van der Waals surface area contributed by atoms with Gasteiger partial charge < -0.3 is 10.1 Å². The molecule has 2 rings (SSSR count). The quantitative estimate of drug-likeness (QED) is 0.877. The number of nitrogens with one attached hydrogen (secondary N) is 1. The van der Waals surface area contributed by atoms with Gasteiger partial charge in [0.2, 0.25) is 0 Å². The van der Waals surface area contributed by atoms with Crippen molar-refractivity contribution in [2.75, 3.05) is 19.8 Å². The molecule has 0 aliphatic carbocycles. The molecule has 1 unspecified atom stereocenters. The Morgan fingerprint density at radius 1 is 1.16 bits per heavy atom. The van der Waals surface area contributed by atoms with Crippen molar-refractivity contribution in [1.82, 2.24) is 5.32 Å². The van der Waals surface area contributed by atoms with E-state index in [1.165, 1.54) is 23.1 Å². The van der Waals surface area contributed by atoms with E-state index in [0.29, 0.717) is 6.04 Å². The molecule has 1 heterocycles. The van der Waals surface area contributed by atoms with Gasteiger partial charge in [-0.3, -0.25) is 0 Å². The van der Waals surface area contributed by atoms with Crippen LogP contribution in [0, 0.1) is 0 Å². The molecule has 1 aromatic rings. The molecule has 1 aliphatic rings. The van der Waals surface area contributed by atoms with Crippen molar-refractivity contribution in [2.45, 2.75) is 52.5 Å². The van der Waals surface area contributed by atoms with E-state index in [1.807, 2.05) is 0 Å². The highest BCUT2D eigenvalue weighted by Gasteiger charge is 2.22. The van der Waals surface area contributed by atoms with E-state index in [2.05, 4.69) is 38.2 Å². The van der Waals surface area contributed by atoms with Crippen molar-refractivity contribution in [3.63, 3.8) is 0 Å². The second-order valence-electron chi connectivity index (χ2n) is 5.31. The monoisotopic (exact) mass is 261 g/mol. The summed E-state index contributed by atoms with van der Waals surface area (Å²) in [6.45, 7) is 9.46. The van der Waals surface area contributed by atoms with Crippen LogP contribution in [0.15, 0.2) is 12.1 Å². The summed E-state index contributed by atoms with van der Waals surface area (Å²) in [6.07, 6.45) is 4.46. The third kappa shape index (κ3) is 3.18. The predicted molar refractivity (Wildman–Crippen MR) is 80.8 cm³/mol. The van der Waals surface area contributed by atoms with E-state index in [0.717, 1.165) is 39.0 Å². The maximum atomic E-state index is 5.82. The minimum absolute atomic E-state index is 0.374. The second kappa shape index (κ2) is 7.06. The lowest BCUT2D eigenvalue weighted by Gasteiger charge is -2.23. The minimum atomic E-state index is 0.374. The topological polar surface area (TPSA) is 21.3 Å². The van der Waals surface area contributed by atoms with Gasteiger partial charge in [0.15, 0.2) is 0 Å². The molecular weight excluding hydrogens is 234 g/mol. The van der Waals surface area contributed by atoms with Crippen LogP contribution in [0.3, 0.4) is 0 Å². The van der Waals surface area contributed by atoms with Crippen molar-refractivity contribution >= 4 is 0 Å². The van der Waals surface area contributed by atoms with Crippen LogP contribution in [-0.4, -0.2) is 19.8 Å². The highest BCUT2D eigenvalue weighted by atomic mass is 16.5. The summed E-state index contributed by atoms with van der Waals surface area (Å²) in [4.78, 5) is 0. The Kier molecular flexibility index (Phi) is 5.41. The van der Waals surface area contributed by atoms with Crippen LogP contribution in [0.1, 0.15) is 55.5 Å². The Hall–Kier alpha value is -0.860. The molecule has 106 valence electrons. The van der Waals surface area contributed by atoms with E-state index in [4.69, 9.17) is 4.74 Å². The molecule has 2 heteroatoms. The van der Waals surface area contributed by atoms with Crippen molar-refractivity contribution in [2.24, 2.45) is 0 Å². The first kappa shape index (κ1) is 14.5. The maximum absolute atomic E-state index is 5.82. The normalized spacial score (nSPS) is 19.0. The summed E-state index contributed by atoms with van der Waals surface area (Å²) in [5, 5.41) is 3.67. The molecule has 1 atom stereocenters. The van der Waals surface area contributed by atoms with Gasteiger partial charge >= 0.3 is 0 Å². The van der Waals surface area contributed by atoms with Gasteiger partial charge in [-0.05, 0) is 54.5 Å². The molecule has 0 bridgehead atoms. The molecule has 2 nitrogen and oxygen atoms in total. The number of hydrogen-bond donors (Lipinski definition) is 1. The first-order valence-corrected chi connectivity index (χ1v) is 7.76. The summed E-state index contributed by atoms with van der Waals surface area (Å²) in [5.74, 6) is 0. The SMILES string of the molecule is CCCNC1COCCc2c(CC)ccc(CC)c21. The second-order valence-corrected chi connectivity index (χ2v) is 5.31. The largest absolute Gasteiger partial charge is 0.379 e. The summed E-state index contributed by atoms with van der Waals surface area (Å²) in [7, 11) is 0. The van der Waals surface area contributed by atoms with Gasteiger partial charge in [0.25, 0.3) is 0 Å². The summed E-state index contributed by atoms with van der Waals surface area (Å²) in [5.41, 5.74) is 6.08. The van der Waals surface area contributed by atoms with Crippen molar-refractivity contribution in [1.29, 1.82) is 0 Å². The lowest BCUT2D eigenvalue weighted by Crippen LogP contribution is -2.27. The molecule has 0 aromatic heterocycles. The molecule has 0 spiro atoms. The van der Waals surface area contributed by atoms with Crippen LogP contribution in [-0.2, 0) is 24.0 Å². The first-order valence-electron chi connectivity index (χ1n) is 7.76. The number of benzene rings is 1.